The molecule has 6 heteroatoms. The van der Waals surface area contributed by atoms with Gasteiger partial charge in [0.1, 0.15) is 5.84 Å². The molecule has 1 aromatic rings. The molecule has 4 nitrogen and oxygen atoms in total. The maximum Gasteiger partial charge on any atom is 0.161 e. The number of hydrogen-bond donors (Lipinski definition) is 2. The second-order valence-corrected chi connectivity index (χ2v) is 4.88. The van der Waals surface area contributed by atoms with Crippen molar-refractivity contribution >= 4 is 27.5 Å². The first-order valence-electron chi connectivity index (χ1n) is 5.44. The van der Waals surface area contributed by atoms with Crippen LogP contribution < -0.4 is 10.6 Å². The molecule has 1 aromatic carbocycles. The lowest BCUT2D eigenvalue weighted by Crippen LogP contribution is -2.33. The van der Waals surface area contributed by atoms with Crippen LogP contribution >= 0.6 is 15.9 Å². The highest BCUT2D eigenvalue weighted by Gasteiger charge is 2.18. The number of hydrogen-bond acceptors (Lipinski definition) is 3. The van der Waals surface area contributed by atoms with Crippen molar-refractivity contribution in [2.45, 2.75) is 13.0 Å². The van der Waals surface area contributed by atoms with E-state index in [0.29, 0.717) is 17.9 Å². The number of methoxy groups -OCH3 is 1. The Labute approximate surface area is 115 Å². The zero-order valence-corrected chi connectivity index (χ0v) is 12.2. The van der Waals surface area contributed by atoms with Gasteiger partial charge >= 0.3 is 0 Å². The number of nitrogens with two attached hydrogens (primary N) is 1. The molecule has 0 radical (unpaired) electrons. The fourth-order valence-electron chi connectivity index (χ4n) is 1.61. The molecule has 1 rings (SSSR count). The number of rotatable bonds is 5. The van der Waals surface area contributed by atoms with Crippen LogP contribution in [0.15, 0.2) is 16.6 Å². The zero-order valence-electron chi connectivity index (χ0n) is 10.6. The Balaban J connectivity index is 3.12. The summed E-state index contributed by atoms with van der Waals surface area (Å²) in [5, 5.41) is 7.35. The monoisotopic (exact) mass is 317 g/mol. The van der Waals surface area contributed by atoms with Gasteiger partial charge in [-0.3, -0.25) is 5.41 Å². The molecule has 3 N–H and O–H groups in total. The smallest absolute Gasteiger partial charge is 0.161 e. The summed E-state index contributed by atoms with van der Waals surface area (Å²) in [6.07, 6.45) is 0. The van der Waals surface area contributed by atoms with Crippen molar-refractivity contribution in [2.75, 3.05) is 25.7 Å². The fraction of sp³-hybridized carbons (Fsp3) is 0.417. The lowest BCUT2D eigenvalue weighted by atomic mass is 10.1. The number of likely N-dealkylation sites (N-methyl/N-ethyl adjacent to an activating group) is 1. The van der Waals surface area contributed by atoms with E-state index >= 15 is 0 Å². The Morgan fingerprint density at radius 3 is 2.72 bits per heavy atom. The van der Waals surface area contributed by atoms with Crippen molar-refractivity contribution in [1.82, 2.24) is 0 Å². The molecule has 0 heterocycles. The van der Waals surface area contributed by atoms with Gasteiger partial charge in [0, 0.05) is 25.8 Å². The minimum atomic E-state index is -0.423. The van der Waals surface area contributed by atoms with Crippen molar-refractivity contribution in [3.05, 3.63) is 28.0 Å². The van der Waals surface area contributed by atoms with Gasteiger partial charge in [0.05, 0.1) is 16.8 Å². The molecule has 0 bridgehead atoms. The van der Waals surface area contributed by atoms with Crippen LogP contribution in [-0.2, 0) is 4.74 Å². The fourth-order valence-corrected chi connectivity index (χ4v) is 2.16. The molecule has 0 aromatic heterocycles. The van der Waals surface area contributed by atoms with Crippen LogP contribution in [0.5, 0.6) is 0 Å². The van der Waals surface area contributed by atoms with E-state index in [2.05, 4.69) is 15.9 Å². The Morgan fingerprint density at radius 1 is 1.61 bits per heavy atom. The zero-order chi connectivity index (χ0) is 13.9. The van der Waals surface area contributed by atoms with Crippen LogP contribution in [0.3, 0.4) is 0 Å². The highest BCUT2D eigenvalue weighted by atomic mass is 79.9. The topological polar surface area (TPSA) is 62.3 Å². The second kappa shape index (κ2) is 6.15. The van der Waals surface area contributed by atoms with E-state index in [1.165, 1.54) is 0 Å². The highest BCUT2D eigenvalue weighted by Crippen LogP contribution is 2.29. The van der Waals surface area contributed by atoms with Crippen LogP contribution in [0.25, 0.3) is 0 Å². The second-order valence-electron chi connectivity index (χ2n) is 4.09. The number of ether oxygens (including phenoxy) is 1. The lowest BCUT2D eigenvalue weighted by Gasteiger charge is -2.27. The number of nitrogens with one attached hydrogen (secondary N) is 1. The van der Waals surface area contributed by atoms with Crippen molar-refractivity contribution < 1.29 is 9.13 Å². The largest absolute Gasteiger partial charge is 0.384 e. The number of benzene rings is 1. The molecular weight excluding hydrogens is 301 g/mol. The van der Waals surface area contributed by atoms with E-state index in [1.54, 1.807) is 31.2 Å². The summed E-state index contributed by atoms with van der Waals surface area (Å²) >= 11 is 3.13. The molecule has 0 fully saturated rings. The van der Waals surface area contributed by atoms with Gasteiger partial charge in [0.25, 0.3) is 0 Å². The summed E-state index contributed by atoms with van der Waals surface area (Å²) in [6.45, 7) is 2.44. The third-order valence-corrected chi connectivity index (χ3v) is 3.58. The Hall–Kier alpha value is -1.14. The highest BCUT2D eigenvalue weighted by molar-refractivity contribution is 9.10. The Bertz CT molecular complexity index is 453. The molecule has 1 unspecified atom stereocenters. The average molecular weight is 318 g/mol. The predicted octanol–water partition coefficient (Wildman–Crippen LogP) is 2.34. The average Bonchev–Trinajstić information content (AvgIpc) is 2.31. The molecule has 0 saturated carbocycles. The SMILES string of the molecule is COCC(C)N(C)c1ccc(C(=N)N)c(Br)c1F. The minimum absolute atomic E-state index is 0.0413. The molecule has 0 amide bonds. The normalized spacial score (nSPS) is 12.3. The maximum atomic E-state index is 14.2. The molecule has 1 atom stereocenters. The van der Waals surface area contributed by atoms with E-state index < -0.39 is 5.82 Å². The summed E-state index contributed by atoms with van der Waals surface area (Å²) in [6, 6.07) is 3.28. The van der Waals surface area contributed by atoms with Gasteiger partial charge < -0.3 is 15.4 Å². The molecule has 0 saturated heterocycles. The third-order valence-electron chi connectivity index (χ3n) is 2.80. The van der Waals surface area contributed by atoms with Crippen LogP contribution in [0.2, 0.25) is 0 Å². The van der Waals surface area contributed by atoms with Crippen LogP contribution in [-0.4, -0.2) is 32.6 Å². The Morgan fingerprint density at radius 2 is 2.22 bits per heavy atom. The standard InChI is InChI=1S/C12H17BrFN3O/c1-7(6-18-3)17(2)9-5-4-8(12(15)16)10(13)11(9)14/h4-5,7H,6H2,1-3H3,(H3,15,16). The summed E-state index contributed by atoms with van der Waals surface area (Å²) < 4.78 is 19.5. The number of anilines is 1. The third kappa shape index (κ3) is 3.00. The van der Waals surface area contributed by atoms with E-state index in [1.807, 2.05) is 6.92 Å². The van der Waals surface area contributed by atoms with Crippen LogP contribution in [0.4, 0.5) is 10.1 Å². The van der Waals surface area contributed by atoms with Gasteiger partial charge in [-0.05, 0) is 35.0 Å². The summed E-state index contributed by atoms with van der Waals surface area (Å²) in [4.78, 5) is 1.79. The number of nitrogens with zero attached hydrogens (tertiary/aromatic N) is 1. The molecule has 0 spiro atoms. The van der Waals surface area contributed by atoms with Crippen LogP contribution in [0, 0.1) is 11.2 Å². The summed E-state index contributed by atoms with van der Waals surface area (Å²) in [7, 11) is 3.40. The molecule has 100 valence electrons. The number of nitrogen functional groups attached to an aromatic ring is 1. The van der Waals surface area contributed by atoms with Crippen molar-refractivity contribution in [1.29, 1.82) is 5.41 Å². The Kier molecular flexibility index (Phi) is 5.10. The van der Waals surface area contributed by atoms with Gasteiger partial charge in [-0.2, -0.15) is 0 Å². The van der Waals surface area contributed by atoms with Crippen molar-refractivity contribution in [3.63, 3.8) is 0 Å². The number of halogens is 2. The minimum Gasteiger partial charge on any atom is -0.384 e. The van der Waals surface area contributed by atoms with Gasteiger partial charge in [-0.1, -0.05) is 0 Å². The van der Waals surface area contributed by atoms with E-state index in [4.69, 9.17) is 15.9 Å². The van der Waals surface area contributed by atoms with Crippen molar-refractivity contribution in [2.24, 2.45) is 5.73 Å². The first-order valence-corrected chi connectivity index (χ1v) is 6.23. The summed E-state index contributed by atoms with van der Waals surface area (Å²) in [5.41, 5.74) is 6.16. The maximum absolute atomic E-state index is 14.2. The molecule has 18 heavy (non-hydrogen) atoms. The van der Waals surface area contributed by atoms with Gasteiger partial charge in [-0.15, -0.1) is 0 Å². The van der Waals surface area contributed by atoms with E-state index in [-0.39, 0.29) is 16.4 Å². The first-order chi connectivity index (χ1) is 8.40. The summed E-state index contributed by atoms with van der Waals surface area (Å²) in [5.74, 6) is -0.590. The molecule has 0 aliphatic carbocycles. The van der Waals surface area contributed by atoms with Gasteiger partial charge in [-0.25, -0.2) is 4.39 Å². The molecular formula is C12H17BrFN3O. The molecule has 0 aliphatic rings. The lowest BCUT2D eigenvalue weighted by molar-refractivity contribution is 0.183. The van der Waals surface area contributed by atoms with Crippen LogP contribution in [0.1, 0.15) is 12.5 Å². The van der Waals surface area contributed by atoms with Gasteiger partial charge in [0.15, 0.2) is 5.82 Å². The number of amidine groups is 1. The molecule has 0 aliphatic heterocycles. The van der Waals surface area contributed by atoms with E-state index in [0.717, 1.165) is 0 Å². The van der Waals surface area contributed by atoms with Crippen molar-refractivity contribution in [3.8, 4) is 0 Å². The quantitative estimate of drug-likeness (QED) is 0.647. The van der Waals surface area contributed by atoms with E-state index in [9.17, 15) is 4.39 Å². The van der Waals surface area contributed by atoms with Gasteiger partial charge in [0.2, 0.25) is 0 Å². The predicted molar refractivity (Wildman–Crippen MR) is 74.9 cm³/mol. The first kappa shape index (κ1) is 14.9.